The summed E-state index contributed by atoms with van der Waals surface area (Å²) >= 11 is 10.0. The molecule has 0 saturated carbocycles. The third-order valence-electron chi connectivity index (χ3n) is 8.38. The van der Waals surface area contributed by atoms with Crippen molar-refractivity contribution in [3.8, 4) is 0 Å². The van der Waals surface area contributed by atoms with Gasteiger partial charge in [-0.25, -0.2) is 4.98 Å². The van der Waals surface area contributed by atoms with E-state index >= 15 is 0 Å². The van der Waals surface area contributed by atoms with Crippen molar-refractivity contribution in [1.29, 1.82) is 0 Å². The highest BCUT2D eigenvalue weighted by atomic mass is 79.9. The average molecular weight is 680 g/mol. The zero-order valence-corrected chi connectivity index (χ0v) is 26.5. The number of imidazole rings is 1. The molecular formula is C32H34BrClN7O3+. The molecule has 1 saturated heterocycles. The lowest BCUT2D eigenvalue weighted by Crippen LogP contribution is -2.61. The lowest BCUT2D eigenvalue weighted by molar-refractivity contribution is -0.904. The minimum Gasteiger partial charge on any atom is -0.354 e. The van der Waals surface area contributed by atoms with E-state index in [1.54, 1.807) is 29.6 Å². The van der Waals surface area contributed by atoms with Crippen LogP contribution >= 0.6 is 27.5 Å². The first-order valence-electron chi connectivity index (χ1n) is 14.7. The molecule has 0 radical (unpaired) electrons. The largest absolute Gasteiger partial charge is 0.354 e. The predicted octanol–water partition coefficient (Wildman–Crippen LogP) is 3.37. The van der Waals surface area contributed by atoms with Gasteiger partial charge in [-0.2, -0.15) is 0 Å². The first-order valence-corrected chi connectivity index (χ1v) is 15.9. The fraction of sp³-hybridized carbons (Fsp3) is 0.344. The predicted molar refractivity (Wildman–Crippen MR) is 167 cm³/mol. The molecule has 4 heterocycles. The molecule has 1 aromatic carbocycles. The van der Waals surface area contributed by atoms with Crippen LogP contribution < -0.4 is 10.0 Å². The van der Waals surface area contributed by atoms with Crippen LogP contribution in [0.2, 0.25) is 5.02 Å². The number of nitrogens with zero attached hydrogens (tertiary/aromatic N) is 6. The molecular weight excluding hydrogens is 646 g/mol. The molecule has 0 bridgehead atoms. The lowest BCUT2D eigenvalue weighted by atomic mass is 9.95. The third-order valence-corrected chi connectivity index (χ3v) is 9.05. The number of nitrogens with one attached hydrogen (secondary N) is 1. The number of carbonyl (C=O) groups is 2. The van der Waals surface area contributed by atoms with Crippen molar-refractivity contribution in [2.75, 3.05) is 26.2 Å². The summed E-state index contributed by atoms with van der Waals surface area (Å²) in [4.78, 5) is 40.5. The fourth-order valence-corrected chi connectivity index (χ4v) is 6.77. The van der Waals surface area contributed by atoms with Crippen molar-refractivity contribution in [1.82, 2.24) is 29.7 Å². The Hall–Kier alpha value is -3.80. The lowest BCUT2D eigenvalue weighted by Gasteiger charge is -2.44. The molecule has 228 valence electrons. The molecule has 1 aliphatic carbocycles. The van der Waals surface area contributed by atoms with Gasteiger partial charge in [0, 0.05) is 77.7 Å². The van der Waals surface area contributed by atoms with Crippen molar-refractivity contribution < 1.29 is 19.5 Å². The van der Waals surface area contributed by atoms with Gasteiger partial charge in [0.05, 0.1) is 24.5 Å². The van der Waals surface area contributed by atoms with Crippen LogP contribution in [0.5, 0.6) is 0 Å². The van der Waals surface area contributed by atoms with E-state index in [-0.39, 0.29) is 24.3 Å². The minimum atomic E-state index is -0.686. The number of aromatic nitrogens is 4. The highest BCUT2D eigenvalue weighted by Gasteiger charge is 2.40. The summed E-state index contributed by atoms with van der Waals surface area (Å²) in [6, 6.07) is 10.7. The van der Waals surface area contributed by atoms with Gasteiger partial charge in [0.25, 0.3) is 0 Å². The van der Waals surface area contributed by atoms with Gasteiger partial charge in [-0.3, -0.25) is 24.7 Å². The average Bonchev–Trinajstić information content (AvgIpc) is 3.49. The number of benzene rings is 1. The van der Waals surface area contributed by atoms with Crippen LogP contribution in [0, 0.1) is 0 Å². The number of carbonyl (C=O) groups excluding carboxylic acids is 2. The molecule has 0 spiro atoms. The van der Waals surface area contributed by atoms with E-state index in [1.165, 1.54) is 18.0 Å². The molecule has 1 unspecified atom stereocenters. The summed E-state index contributed by atoms with van der Waals surface area (Å²) in [5.41, 5.74) is 5.18. The molecule has 44 heavy (non-hydrogen) atoms. The SMILES string of the molecule is O=C(NCCCn1ccnc1)C1CN([C@@H]2c3ccc(Cl)cc3CCc3cc(Br)cnc32)CCN1C(=O)Cc1cc[n+](O)cc1. The van der Waals surface area contributed by atoms with Crippen molar-refractivity contribution in [2.45, 2.75) is 44.3 Å². The Balaban J connectivity index is 1.27. The zero-order valence-electron chi connectivity index (χ0n) is 24.1. The standard InChI is InChI=1S/C32H33BrClN7O3/c33-25-17-24-3-2-23-18-26(34)4-5-27(23)31(30(24)37-19-25)39-14-15-41(29(42)16-22-6-11-40(44)12-7-22)28(20-39)32(43)36-8-1-10-38-13-9-35-21-38/h4-7,9,11-13,17-19,21,28,31H,1-3,8,10,14-16,20H2,(H-,36,43,44)/p+1/t28?,31-/m1/s1. The summed E-state index contributed by atoms with van der Waals surface area (Å²) in [5.74, 6) is -0.307. The Labute approximate surface area is 269 Å². The topological polar surface area (TPSA) is 107 Å². The van der Waals surface area contributed by atoms with E-state index in [9.17, 15) is 14.8 Å². The second-order valence-corrected chi connectivity index (χ2v) is 12.6. The van der Waals surface area contributed by atoms with Gasteiger partial charge >= 0.3 is 0 Å². The molecule has 12 heteroatoms. The van der Waals surface area contributed by atoms with Crippen LogP contribution in [0.4, 0.5) is 0 Å². The normalized spacial score (nSPS) is 18.3. The van der Waals surface area contributed by atoms with Gasteiger partial charge in [0.15, 0.2) is 0 Å². The monoisotopic (exact) mass is 678 g/mol. The smallest absolute Gasteiger partial charge is 0.244 e. The quantitative estimate of drug-likeness (QED) is 0.168. The molecule has 1 fully saturated rings. The molecule has 2 N–H and O–H groups in total. The van der Waals surface area contributed by atoms with Crippen molar-refractivity contribution in [3.63, 3.8) is 0 Å². The van der Waals surface area contributed by atoms with Crippen LogP contribution in [-0.4, -0.2) is 73.6 Å². The van der Waals surface area contributed by atoms with E-state index in [1.807, 2.05) is 29.1 Å². The van der Waals surface area contributed by atoms with Crippen LogP contribution in [-0.2, 0) is 35.4 Å². The molecule has 4 aromatic rings. The van der Waals surface area contributed by atoms with Gasteiger partial charge in [0.2, 0.25) is 24.2 Å². The number of hydrogen-bond donors (Lipinski definition) is 2. The number of amides is 2. The summed E-state index contributed by atoms with van der Waals surface area (Å²) < 4.78 is 3.84. The molecule has 2 amide bonds. The number of hydrogen-bond acceptors (Lipinski definition) is 6. The maximum Gasteiger partial charge on any atom is 0.244 e. The maximum absolute atomic E-state index is 13.8. The van der Waals surface area contributed by atoms with Crippen molar-refractivity contribution in [2.24, 2.45) is 0 Å². The molecule has 2 aliphatic rings. The van der Waals surface area contributed by atoms with E-state index in [2.05, 4.69) is 43.3 Å². The Morgan fingerprint density at radius 2 is 1.93 bits per heavy atom. The van der Waals surface area contributed by atoms with Crippen molar-refractivity contribution in [3.05, 3.63) is 111 Å². The highest BCUT2D eigenvalue weighted by Crippen LogP contribution is 2.38. The number of pyridine rings is 2. The van der Waals surface area contributed by atoms with E-state index in [0.717, 1.165) is 57.4 Å². The fourth-order valence-electron chi connectivity index (χ4n) is 6.20. The second kappa shape index (κ2) is 13.5. The number of fused-ring (bicyclic) bond motifs is 2. The first kappa shape index (κ1) is 30.2. The summed E-state index contributed by atoms with van der Waals surface area (Å²) in [6.45, 7) is 2.54. The second-order valence-electron chi connectivity index (χ2n) is 11.2. The molecule has 2 atom stereocenters. The Bertz CT molecular complexity index is 1580. The van der Waals surface area contributed by atoms with E-state index in [4.69, 9.17) is 16.6 Å². The van der Waals surface area contributed by atoms with E-state index in [0.29, 0.717) is 31.2 Å². The minimum absolute atomic E-state index is 0.130. The van der Waals surface area contributed by atoms with Gasteiger partial charge < -0.3 is 14.8 Å². The Morgan fingerprint density at radius 3 is 2.73 bits per heavy atom. The summed E-state index contributed by atoms with van der Waals surface area (Å²) in [5, 5.41) is 13.4. The van der Waals surface area contributed by atoms with Crippen LogP contribution in [0.1, 0.15) is 40.4 Å². The van der Waals surface area contributed by atoms with Crippen LogP contribution in [0.3, 0.4) is 0 Å². The van der Waals surface area contributed by atoms with Gasteiger partial charge in [0.1, 0.15) is 6.04 Å². The van der Waals surface area contributed by atoms with Gasteiger partial charge in [-0.05, 0) is 75.6 Å². The Kier molecular flexibility index (Phi) is 9.25. The van der Waals surface area contributed by atoms with Crippen molar-refractivity contribution >= 4 is 39.3 Å². The molecule has 10 nitrogen and oxygen atoms in total. The highest BCUT2D eigenvalue weighted by molar-refractivity contribution is 9.10. The third kappa shape index (κ3) is 6.80. The van der Waals surface area contributed by atoms with Crippen LogP contribution in [0.25, 0.3) is 0 Å². The van der Waals surface area contributed by atoms with E-state index < -0.39 is 6.04 Å². The maximum atomic E-state index is 13.8. The van der Waals surface area contributed by atoms with Crippen LogP contribution in [0.15, 0.2) is 78.2 Å². The zero-order chi connectivity index (χ0) is 30.6. The van der Waals surface area contributed by atoms with Gasteiger partial charge in [-0.1, -0.05) is 17.7 Å². The number of piperazine rings is 1. The molecule has 3 aromatic heterocycles. The summed E-state index contributed by atoms with van der Waals surface area (Å²) in [6.07, 6.45) is 12.7. The van der Waals surface area contributed by atoms with Gasteiger partial charge in [-0.15, -0.1) is 0 Å². The Morgan fingerprint density at radius 1 is 1.11 bits per heavy atom. The number of rotatable bonds is 8. The molecule has 6 rings (SSSR count). The molecule has 1 aliphatic heterocycles. The summed E-state index contributed by atoms with van der Waals surface area (Å²) in [7, 11) is 0. The first-order chi connectivity index (χ1) is 21.4. The number of halogens is 2. The number of aryl methyl sites for hydroxylation is 3.